The SMILES string of the molecule is CC(C1CC1)N(Cc1ccccc1)S(=O)(=O)CBr. The van der Waals surface area contributed by atoms with Crippen LogP contribution in [0.4, 0.5) is 0 Å². The minimum Gasteiger partial charge on any atom is -0.211 e. The van der Waals surface area contributed by atoms with Crippen molar-refractivity contribution in [2.24, 2.45) is 5.92 Å². The van der Waals surface area contributed by atoms with Crippen LogP contribution in [0.5, 0.6) is 0 Å². The number of sulfonamides is 1. The van der Waals surface area contributed by atoms with Gasteiger partial charge in [-0.15, -0.1) is 0 Å². The molecule has 0 saturated heterocycles. The van der Waals surface area contributed by atoms with Crippen molar-refractivity contribution in [2.75, 3.05) is 4.66 Å². The highest BCUT2D eigenvalue weighted by Crippen LogP contribution is 2.36. The van der Waals surface area contributed by atoms with E-state index in [4.69, 9.17) is 0 Å². The summed E-state index contributed by atoms with van der Waals surface area (Å²) in [5.41, 5.74) is 1.04. The average molecular weight is 332 g/mol. The molecule has 0 aliphatic heterocycles. The second-order valence-corrected chi connectivity index (χ2v) is 8.05. The molecule has 1 atom stereocenters. The van der Waals surface area contributed by atoms with Crippen LogP contribution in [0.1, 0.15) is 25.3 Å². The molecule has 1 aromatic rings. The molecule has 0 amide bonds. The van der Waals surface area contributed by atoms with Gasteiger partial charge in [-0.05, 0) is 31.2 Å². The second-order valence-electron chi connectivity index (χ2n) is 4.83. The lowest BCUT2D eigenvalue weighted by molar-refractivity contribution is 0.305. The Labute approximate surface area is 117 Å². The fourth-order valence-corrected chi connectivity index (χ4v) is 4.07. The molecule has 1 saturated carbocycles. The Balaban J connectivity index is 2.19. The van der Waals surface area contributed by atoms with E-state index >= 15 is 0 Å². The first-order chi connectivity index (χ1) is 8.54. The molecule has 2 rings (SSSR count). The summed E-state index contributed by atoms with van der Waals surface area (Å²) < 4.78 is 25.9. The van der Waals surface area contributed by atoms with Crippen molar-refractivity contribution < 1.29 is 8.42 Å². The number of halogens is 1. The predicted octanol–water partition coefficient (Wildman–Crippen LogP) is 2.97. The van der Waals surface area contributed by atoms with E-state index in [9.17, 15) is 8.42 Å². The molecule has 0 bridgehead atoms. The van der Waals surface area contributed by atoms with Crippen molar-refractivity contribution in [3.05, 3.63) is 35.9 Å². The molecule has 0 aromatic heterocycles. The number of hydrogen-bond acceptors (Lipinski definition) is 2. The zero-order chi connectivity index (χ0) is 13.2. The first-order valence-electron chi connectivity index (χ1n) is 6.14. The van der Waals surface area contributed by atoms with Gasteiger partial charge in [-0.2, -0.15) is 4.31 Å². The van der Waals surface area contributed by atoms with Gasteiger partial charge in [-0.3, -0.25) is 0 Å². The smallest absolute Gasteiger partial charge is 0.211 e. The van der Waals surface area contributed by atoms with Gasteiger partial charge in [0.15, 0.2) is 0 Å². The molecule has 0 spiro atoms. The molecular weight excluding hydrogens is 314 g/mol. The highest BCUT2D eigenvalue weighted by molar-refractivity contribution is 9.10. The van der Waals surface area contributed by atoms with Crippen molar-refractivity contribution >= 4 is 26.0 Å². The van der Waals surface area contributed by atoms with Crippen LogP contribution in [-0.4, -0.2) is 23.4 Å². The minimum absolute atomic E-state index is 0.0100. The van der Waals surface area contributed by atoms with Gasteiger partial charge in [0.1, 0.15) is 4.66 Å². The van der Waals surface area contributed by atoms with Crippen molar-refractivity contribution in [3.63, 3.8) is 0 Å². The largest absolute Gasteiger partial charge is 0.224 e. The van der Waals surface area contributed by atoms with Crippen molar-refractivity contribution in [3.8, 4) is 0 Å². The number of nitrogens with zero attached hydrogens (tertiary/aromatic N) is 1. The Morgan fingerprint density at radius 3 is 2.44 bits per heavy atom. The maximum Gasteiger partial charge on any atom is 0.224 e. The molecule has 1 aliphatic carbocycles. The maximum atomic E-state index is 12.2. The fourth-order valence-electron chi connectivity index (χ4n) is 2.14. The van der Waals surface area contributed by atoms with Crippen LogP contribution in [0.25, 0.3) is 0 Å². The molecule has 100 valence electrons. The minimum atomic E-state index is -3.21. The van der Waals surface area contributed by atoms with Gasteiger partial charge < -0.3 is 0 Å². The van der Waals surface area contributed by atoms with Crippen LogP contribution in [0.15, 0.2) is 30.3 Å². The highest BCUT2D eigenvalue weighted by atomic mass is 79.9. The summed E-state index contributed by atoms with van der Waals surface area (Å²) in [7, 11) is -3.21. The van der Waals surface area contributed by atoms with Crippen molar-refractivity contribution in [2.45, 2.75) is 32.4 Å². The Hall–Kier alpha value is -0.390. The molecule has 3 nitrogen and oxygen atoms in total. The summed E-state index contributed by atoms with van der Waals surface area (Å²) in [5.74, 6) is 0.530. The summed E-state index contributed by atoms with van der Waals surface area (Å²) in [6.07, 6.45) is 2.29. The lowest BCUT2D eigenvalue weighted by atomic mass is 10.2. The van der Waals surface area contributed by atoms with Crippen molar-refractivity contribution in [1.82, 2.24) is 4.31 Å². The van der Waals surface area contributed by atoms with Crippen LogP contribution in [0.2, 0.25) is 0 Å². The van der Waals surface area contributed by atoms with Crippen LogP contribution in [0.3, 0.4) is 0 Å². The molecule has 1 aliphatic rings. The van der Waals surface area contributed by atoms with E-state index in [0.717, 1.165) is 18.4 Å². The van der Waals surface area contributed by atoms with Gasteiger partial charge in [0.05, 0.1) is 0 Å². The normalized spacial score (nSPS) is 17.9. The van der Waals surface area contributed by atoms with Crippen LogP contribution in [-0.2, 0) is 16.6 Å². The molecule has 0 N–H and O–H groups in total. The third kappa shape index (κ3) is 3.33. The van der Waals surface area contributed by atoms with Gasteiger partial charge in [-0.1, -0.05) is 46.3 Å². The maximum absolute atomic E-state index is 12.2. The summed E-state index contributed by atoms with van der Waals surface area (Å²) in [6, 6.07) is 9.85. The zero-order valence-corrected chi connectivity index (χ0v) is 12.8. The molecule has 1 aromatic carbocycles. The molecule has 1 fully saturated rings. The molecule has 0 radical (unpaired) electrons. The molecule has 18 heavy (non-hydrogen) atoms. The van der Waals surface area contributed by atoms with Gasteiger partial charge >= 0.3 is 0 Å². The third-order valence-electron chi connectivity index (χ3n) is 3.43. The first-order valence-corrected chi connectivity index (χ1v) is 8.87. The van der Waals surface area contributed by atoms with Gasteiger partial charge in [0.25, 0.3) is 0 Å². The van der Waals surface area contributed by atoms with Gasteiger partial charge in [0.2, 0.25) is 10.0 Å². The summed E-state index contributed by atoms with van der Waals surface area (Å²) >= 11 is 3.09. The van der Waals surface area contributed by atoms with Gasteiger partial charge in [-0.25, -0.2) is 8.42 Å². The van der Waals surface area contributed by atoms with E-state index in [1.165, 1.54) is 0 Å². The molecule has 5 heteroatoms. The lowest BCUT2D eigenvalue weighted by Gasteiger charge is -2.27. The van der Waals surface area contributed by atoms with Crippen LogP contribution >= 0.6 is 15.9 Å². The number of alkyl halides is 1. The third-order valence-corrected chi connectivity index (χ3v) is 6.62. The Morgan fingerprint density at radius 2 is 1.94 bits per heavy atom. The predicted molar refractivity (Wildman–Crippen MR) is 76.9 cm³/mol. The zero-order valence-electron chi connectivity index (χ0n) is 10.4. The quantitative estimate of drug-likeness (QED) is 0.751. The molecule has 1 unspecified atom stereocenters. The van der Waals surface area contributed by atoms with E-state index < -0.39 is 10.0 Å². The topological polar surface area (TPSA) is 37.4 Å². The van der Waals surface area contributed by atoms with Crippen molar-refractivity contribution in [1.29, 1.82) is 0 Å². The van der Waals surface area contributed by atoms with Crippen LogP contribution < -0.4 is 0 Å². The van der Waals surface area contributed by atoms with E-state index in [1.54, 1.807) is 4.31 Å². The second kappa shape index (κ2) is 5.72. The molecule has 0 heterocycles. The van der Waals surface area contributed by atoms with E-state index in [2.05, 4.69) is 15.9 Å². The van der Waals surface area contributed by atoms with E-state index in [-0.39, 0.29) is 10.7 Å². The van der Waals surface area contributed by atoms with E-state index in [1.807, 2.05) is 37.3 Å². The molecular formula is C13H18BrNO2S. The summed E-state index contributed by atoms with van der Waals surface area (Å²) in [5, 5.41) is 0. The number of benzene rings is 1. The lowest BCUT2D eigenvalue weighted by Crippen LogP contribution is -2.39. The Morgan fingerprint density at radius 1 is 1.33 bits per heavy atom. The highest BCUT2D eigenvalue weighted by Gasteiger charge is 2.37. The first kappa shape index (κ1) is 14.0. The summed E-state index contributed by atoms with van der Waals surface area (Å²) in [6.45, 7) is 2.48. The van der Waals surface area contributed by atoms with Crippen LogP contribution in [0, 0.1) is 5.92 Å². The van der Waals surface area contributed by atoms with E-state index in [0.29, 0.717) is 12.5 Å². The monoisotopic (exact) mass is 331 g/mol. The standard InChI is InChI=1S/C13H18BrNO2S/c1-11(13-7-8-13)15(18(16,17)10-14)9-12-5-3-2-4-6-12/h2-6,11,13H,7-10H2,1H3. The number of hydrogen-bond donors (Lipinski definition) is 0. The average Bonchev–Trinajstić information content (AvgIpc) is 3.20. The van der Waals surface area contributed by atoms with Gasteiger partial charge in [0, 0.05) is 12.6 Å². The summed E-state index contributed by atoms with van der Waals surface area (Å²) in [4.78, 5) is 0. The Kier molecular flexibility index (Phi) is 4.45. The Bertz CT molecular complexity index is 485. The number of rotatable bonds is 6. The fraction of sp³-hybridized carbons (Fsp3) is 0.538.